The van der Waals surface area contributed by atoms with Crippen molar-refractivity contribution in [2.75, 3.05) is 47.6 Å². The maximum Gasteiger partial charge on any atom is 0.193 e. The smallest absolute Gasteiger partial charge is 0.193 e. The number of guanidine groups is 1. The van der Waals surface area contributed by atoms with Crippen LogP contribution in [0.4, 0.5) is 0 Å². The Morgan fingerprint density at radius 2 is 2.00 bits per heavy atom. The number of ether oxygens (including phenoxy) is 2. The van der Waals surface area contributed by atoms with Crippen molar-refractivity contribution in [2.24, 2.45) is 4.99 Å². The molecule has 0 fully saturated rings. The lowest BCUT2D eigenvalue weighted by atomic mass is 10.2. The topological polar surface area (TPSA) is 74.8 Å². The number of aromatic nitrogens is 2. The molecule has 1 aromatic heterocycles. The molecule has 0 saturated carbocycles. The van der Waals surface area contributed by atoms with Crippen LogP contribution in [0.2, 0.25) is 0 Å². The largest absolute Gasteiger partial charge is 0.382 e. The molecule has 0 spiro atoms. The number of halogens is 1. The lowest BCUT2D eigenvalue weighted by molar-refractivity contribution is 0.0698. The molecule has 0 unspecified atom stereocenters. The molecule has 2 rings (SSSR count). The Balaban J connectivity index is 0.00000364. The van der Waals surface area contributed by atoms with E-state index in [-0.39, 0.29) is 24.0 Å². The van der Waals surface area contributed by atoms with Gasteiger partial charge in [0.1, 0.15) is 5.82 Å². The third-order valence-corrected chi connectivity index (χ3v) is 3.85. The van der Waals surface area contributed by atoms with E-state index in [2.05, 4.69) is 32.4 Å². The third kappa shape index (κ3) is 8.27. The van der Waals surface area contributed by atoms with Gasteiger partial charge in [0.15, 0.2) is 5.96 Å². The number of H-pyrrole nitrogens is 1. The lowest BCUT2D eigenvalue weighted by Gasteiger charge is -2.21. The Labute approximate surface area is 178 Å². The first-order chi connectivity index (χ1) is 12.7. The fourth-order valence-corrected chi connectivity index (χ4v) is 2.51. The first-order valence-corrected chi connectivity index (χ1v) is 8.82. The third-order valence-electron chi connectivity index (χ3n) is 3.85. The molecule has 8 heteroatoms. The summed E-state index contributed by atoms with van der Waals surface area (Å²) in [6, 6.07) is 10.2. The Morgan fingerprint density at radius 1 is 1.22 bits per heavy atom. The summed E-state index contributed by atoms with van der Waals surface area (Å²) in [5.41, 5.74) is 2.15. The number of methoxy groups -OCH3 is 1. The molecular weight excluding hydrogens is 457 g/mol. The highest BCUT2D eigenvalue weighted by atomic mass is 127. The van der Waals surface area contributed by atoms with E-state index in [1.165, 1.54) is 0 Å². The number of hydrogen-bond donors (Lipinski definition) is 2. The van der Waals surface area contributed by atoms with Gasteiger partial charge in [-0.05, 0) is 12.0 Å². The Hall–Kier alpha value is -1.65. The second kappa shape index (κ2) is 13.5. The fraction of sp³-hybridized carbons (Fsp3) is 0.474. The van der Waals surface area contributed by atoms with Crippen LogP contribution in [-0.2, 0) is 16.0 Å². The van der Waals surface area contributed by atoms with E-state index in [1.807, 2.05) is 36.3 Å². The molecule has 0 bridgehead atoms. The Morgan fingerprint density at radius 3 is 2.70 bits per heavy atom. The SMILES string of the molecule is CN=C(NCCCOCCOC)N(C)Cc1ncc(-c2ccccc2)[nH]1.I. The monoisotopic (exact) mass is 487 g/mol. The van der Waals surface area contributed by atoms with E-state index in [4.69, 9.17) is 9.47 Å². The zero-order valence-corrected chi connectivity index (χ0v) is 18.6. The second-order valence-corrected chi connectivity index (χ2v) is 5.90. The normalized spacial score (nSPS) is 11.1. The number of imidazole rings is 1. The molecule has 0 aliphatic rings. The van der Waals surface area contributed by atoms with Crippen LogP contribution in [0.1, 0.15) is 12.2 Å². The van der Waals surface area contributed by atoms with Crippen molar-refractivity contribution in [1.82, 2.24) is 20.2 Å². The van der Waals surface area contributed by atoms with Crippen LogP contribution in [0.25, 0.3) is 11.3 Å². The first-order valence-electron chi connectivity index (χ1n) is 8.82. The van der Waals surface area contributed by atoms with E-state index in [9.17, 15) is 0 Å². The standard InChI is InChI=1S/C19H29N5O2.HI/c1-20-19(21-10-7-11-26-13-12-25-3)24(2)15-18-22-14-17(23-18)16-8-5-4-6-9-16;/h4-6,8-9,14H,7,10-13,15H2,1-3H3,(H,20,21)(H,22,23);1H. The van der Waals surface area contributed by atoms with Gasteiger partial charge in [0.2, 0.25) is 0 Å². The van der Waals surface area contributed by atoms with Crippen molar-refractivity contribution in [3.63, 3.8) is 0 Å². The Kier molecular flexibility index (Phi) is 11.7. The predicted molar refractivity (Wildman–Crippen MR) is 120 cm³/mol. The molecule has 0 amide bonds. The molecule has 0 radical (unpaired) electrons. The minimum atomic E-state index is 0. The number of rotatable bonds is 10. The number of nitrogens with one attached hydrogen (secondary N) is 2. The van der Waals surface area contributed by atoms with E-state index < -0.39 is 0 Å². The number of hydrogen-bond acceptors (Lipinski definition) is 4. The van der Waals surface area contributed by atoms with Gasteiger partial charge in [0.05, 0.1) is 31.6 Å². The lowest BCUT2D eigenvalue weighted by Crippen LogP contribution is -2.39. The minimum absolute atomic E-state index is 0. The molecule has 0 atom stereocenters. The molecule has 1 aromatic carbocycles. The predicted octanol–water partition coefficient (Wildman–Crippen LogP) is 2.76. The highest BCUT2D eigenvalue weighted by Crippen LogP contribution is 2.16. The van der Waals surface area contributed by atoms with Crippen LogP contribution in [0, 0.1) is 0 Å². The van der Waals surface area contributed by atoms with Gasteiger partial charge >= 0.3 is 0 Å². The molecule has 27 heavy (non-hydrogen) atoms. The molecule has 2 aromatic rings. The molecule has 1 heterocycles. The number of benzene rings is 1. The summed E-state index contributed by atoms with van der Waals surface area (Å²) in [7, 11) is 5.45. The molecule has 0 aliphatic heterocycles. The zero-order valence-electron chi connectivity index (χ0n) is 16.3. The van der Waals surface area contributed by atoms with Crippen molar-refractivity contribution in [1.29, 1.82) is 0 Å². The van der Waals surface area contributed by atoms with Gasteiger partial charge in [0, 0.05) is 34.4 Å². The van der Waals surface area contributed by atoms with Gasteiger partial charge < -0.3 is 24.7 Å². The second-order valence-electron chi connectivity index (χ2n) is 5.90. The van der Waals surface area contributed by atoms with Gasteiger partial charge in [0.25, 0.3) is 0 Å². The highest BCUT2D eigenvalue weighted by molar-refractivity contribution is 14.0. The van der Waals surface area contributed by atoms with Crippen LogP contribution >= 0.6 is 24.0 Å². The first kappa shape index (κ1) is 23.4. The average Bonchev–Trinajstić information content (AvgIpc) is 3.13. The molecule has 0 saturated heterocycles. The maximum atomic E-state index is 5.46. The van der Waals surface area contributed by atoms with Gasteiger partial charge in [-0.2, -0.15) is 0 Å². The van der Waals surface area contributed by atoms with Gasteiger partial charge in [-0.1, -0.05) is 30.3 Å². The van der Waals surface area contributed by atoms with Crippen LogP contribution in [0.5, 0.6) is 0 Å². The summed E-state index contributed by atoms with van der Waals surface area (Å²) < 4.78 is 10.4. The van der Waals surface area contributed by atoms with E-state index >= 15 is 0 Å². The summed E-state index contributed by atoms with van der Waals surface area (Å²) >= 11 is 0. The summed E-state index contributed by atoms with van der Waals surface area (Å²) in [5.74, 6) is 1.73. The van der Waals surface area contributed by atoms with Gasteiger partial charge in [-0.15, -0.1) is 24.0 Å². The molecule has 2 N–H and O–H groups in total. The zero-order chi connectivity index (χ0) is 18.6. The van der Waals surface area contributed by atoms with E-state index in [0.717, 1.165) is 36.0 Å². The van der Waals surface area contributed by atoms with Crippen molar-refractivity contribution in [2.45, 2.75) is 13.0 Å². The van der Waals surface area contributed by atoms with Crippen molar-refractivity contribution in [3.8, 4) is 11.3 Å². The Bertz CT molecular complexity index is 663. The maximum absolute atomic E-state index is 5.46. The molecular formula is C19H30IN5O2. The number of aromatic amines is 1. The van der Waals surface area contributed by atoms with E-state index in [1.54, 1.807) is 14.2 Å². The minimum Gasteiger partial charge on any atom is -0.382 e. The van der Waals surface area contributed by atoms with Gasteiger partial charge in [-0.3, -0.25) is 4.99 Å². The summed E-state index contributed by atoms with van der Waals surface area (Å²) in [4.78, 5) is 14.2. The summed E-state index contributed by atoms with van der Waals surface area (Å²) in [6.45, 7) is 3.42. The number of aliphatic imine (C=N–C) groups is 1. The van der Waals surface area contributed by atoms with Crippen LogP contribution in [0.15, 0.2) is 41.5 Å². The number of nitrogens with zero attached hydrogens (tertiary/aromatic N) is 3. The van der Waals surface area contributed by atoms with Gasteiger partial charge in [-0.25, -0.2) is 4.98 Å². The van der Waals surface area contributed by atoms with Crippen LogP contribution in [-0.4, -0.2) is 68.4 Å². The van der Waals surface area contributed by atoms with Crippen LogP contribution in [0.3, 0.4) is 0 Å². The van der Waals surface area contributed by atoms with Crippen molar-refractivity contribution < 1.29 is 9.47 Å². The molecule has 7 nitrogen and oxygen atoms in total. The average molecular weight is 487 g/mol. The van der Waals surface area contributed by atoms with Crippen molar-refractivity contribution >= 4 is 29.9 Å². The van der Waals surface area contributed by atoms with Crippen LogP contribution < -0.4 is 5.32 Å². The van der Waals surface area contributed by atoms with E-state index in [0.29, 0.717) is 26.4 Å². The van der Waals surface area contributed by atoms with Crippen molar-refractivity contribution in [3.05, 3.63) is 42.4 Å². The molecule has 150 valence electrons. The summed E-state index contributed by atoms with van der Waals surface area (Å²) in [6.07, 6.45) is 2.78. The summed E-state index contributed by atoms with van der Waals surface area (Å²) in [5, 5.41) is 3.34. The highest BCUT2D eigenvalue weighted by Gasteiger charge is 2.09. The quantitative estimate of drug-likeness (QED) is 0.233. The molecule has 0 aliphatic carbocycles. The fourth-order valence-electron chi connectivity index (χ4n) is 2.51.